The number of esters is 1. The maximum absolute atomic E-state index is 14.2. The number of likely N-dealkylation sites (tertiary alicyclic amines) is 2. The smallest absolute Gasteiger partial charge is 0.407 e. The fourth-order valence-electron chi connectivity index (χ4n) is 10.0. The number of alkyl carbamates (subject to hydrolysis) is 1. The maximum atomic E-state index is 14.2. The Morgan fingerprint density at radius 2 is 1.70 bits per heavy atom. The van der Waals surface area contributed by atoms with E-state index in [0.717, 1.165) is 80.6 Å². The van der Waals surface area contributed by atoms with Crippen molar-refractivity contribution in [2.45, 2.75) is 104 Å². The van der Waals surface area contributed by atoms with Gasteiger partial charge in [-0.05, 0) is 84.4 Å². The largest absolute Gasteiger partial charge is 0.488 e. The number of carbonyl (C=O) groups is 4. The number of ether oxygens (including phenoxy) is 4. The maximum Gasteiger partial charge on any atom is 0.407 e. The summed E-state index contributed by atoms with van der Waals surface area (Å²) in [6.07, 6.45) is 5.03. The van der Waals surface area contributed by atoms with Crippen LogP contribution in [0.5, 0.6) is 5.75 Å². The SMILES string of the molecule is CC[C@H](C)C(CC(=O)OC)C(=O)N1[C@@H](C)CC[C@H]1c1ncc(-c2ccc3c(c2)COc2cc4c(ccc5nc([C@@H]6C[C@H](COC)CN6C(=O)[C@@H](NC(=O)OC)[C@@H](C)CC)[nH]c54)cc2-3)[nH]1. The summed E-state index contributed by atoms with van der Waals surface area (Å²) in [6, 6.07) is 13.4. The predicted molar refractivity (Wildman–Crippen MR) is 242 cm³/mol. The highest BCUT2D eigenvalue weighted by molar-refractivity contribution is 6.07. The van der Waals surface area contributed by atoms with Crippen molar-refractivity contribution in [2.24, 2.45) is 23.7 Å². The lowest BCUT2D eigenvalue weighted by Crippen LogP contribution is -2.51. The van der Waals surface area contributed by atoms with Crippen LogP contribution in [0.2, 0.25) is 0 Å². The average Bonchev–Trinajstić information content (AvgIpc) is 4.14. The third-order valence-corrected chi connectivity index (χ3v) is 14.1. The molecular weight excluding hydrogens is 815 g/mol. The summed E-state index contributed by atoms with van der Waals surface area (Å²) in [5, 5.41) is 4.76. The summed E-state index contributed by atoms with van der Waals surface area (Å²) in [5.41, 5.74) is 6.58. The van der Waals surface area contributed by atoms with E-state index < -0.39 is 18.1 Å². The molecule has 5 aromatic rings. The van der Waals surface area contributed by atoms with Crippen molar-refractivity contribution in [3.05, 3.63) is 65.9 Å². The van der Waals surface area contributed by atoms with Crippen LogP contribution in [0.15, 0.2) is 48.7 Å². The molecule has 64 heavy (non-hydrogen) atoms. The molecule has 1 unspecified atom stereocenters. The molecule has 15 heteroatoms. The van der Waals surface area contributed by atoms with Gasteiger partial charge in [0.15, 0.2) is 0 Å². The van der Waals surface area contributed by atoms with E-state index in [-0.39, 0.29) is 60.1 Å². The summed E-state index contributed by atoms with van der Waals surface area (Å²) in [6.45, 7) is 11.4. The van der Waals surface area contributed by atoms with E-state index in [1.54, 1.807) is 7.11 Å². The molecule has 8 rings (SSSR count). The number of hydrogen-bond donors (Lipinski definition) is 3. The van der Waals surface area contributed by atoms with Crippen molar-refractivity contribution in [3.8, 4) is 28.1 Å². The number of nitrogens with one attached hydrogen (secondary N) is 3. The van der Waals surface area contributed by atoms with Crippen molar-refractivity contribution in [1.82, 2.24) is 35.1 Å². The summed E-state index contributed by atoms with van der Waals surface area (Å²) in [7, 11) is 4.33. The van der Waals surface area contributed by atoms with Gasteiger partial charge < -0.3 is 44.0 Å². The topological polar surface area (TPSA) is 181 Å². The Hall–Kier alpha value is -5.96. The van der Waals surface area contributed by atoms with Gasteiger partial charge >= 0.3 is 12.1 Å². The molecule has 5 heterocycles. The number of methoxy groups -OCH3 is 3. The number of aromatic nitrogens is 4. The molecular formula is C49H61N7O8. The monoisotopic (exact) mass is 875 g/mol. The number of fused-ring (bicyclic) bond motifs is 6. The predicted octanol–water partition coefficient (Wildman–Crippen LogP) is 8.25. The lowest BCUT2D eigenvalue weighted by atomic mass is 9.87. The van der Waals surface area contributed by atoms with Gasteiger partial charge in [0.25, 0.3) is 0 Å². The highest BCUT2D eigenvalue weighted by Gasteiger charge is 2.43. The van der Waals surface area contributed by atoms with E-state index in [9.17, 15) is 19.2 Å². The number of benzene rings is 3. The first-order valence-electron chi connectivity index (χ1n) is 22.7. The molecule has 0 bridgehead atoms. The van der Waals surface area contributed by atoms with Gasteiger partial charge in [-0.3, -0.25) is 14.4 Å². The van der Waals surface area contributed by atoms with Gasteiger partial charge in [0.05, 0.1) is 68.2 Å². The van der Waals surface area contributed by atoms with Crippen LogP contribution >= 0.6 is 0 Å². The third kappa shape index (κ3) is 8.41. The molecule has 8 atom stereocenters. The molecule has 3 aliphatic heterocycles. The molecule has 2 aromatic heterocycles. The standard InChI is InChI=1S/C49H61N7O8/c1-9-26(3)34(21-42(57)62-7)47(58)56-28(5)11-16-39(56)45-50-22-38(52-45)31-12-14-33-32(18-31)25-64-41-20-35-30(19-36(33)41)13-15-37-44(35)53-46(51-37)40-17-29(24-61-6)23-55(40)48(59)43(27(4)10-2)54-49(60)63-8/h12-15,18-20,22,26-29,34,39-40,43H,9-11,16-17,21,23-25H2,1-8H3,(H,50,52)(H,51,53)(H,54,60)/t26-,27-,28-,29-,34?,39-,40-,43-/m0/s1. The average molecular weight is 876 g/mol. The summed E-state index contributed by atoms with van der Waals surface area (Å²) in [5.74, 6) is 1.18. The van der Waals surface area contributed by atoms with Crippen LogP contribution in [0.25, 0.3) is 44.2 Å². The van der Waals surface area contributed by atoms with Gasteiger partial charge in [0.2, 0.25) is 11.8 Å². The van der Waals surface area contributed by atoms with E-state index in [0.29, 0.717) is 38.4 Å². The van der Waals surface area contributed by atoms with Crippen LogP contribution in [-0.4, -0.2) is 100 Å². The van der Waals surface area contributed by atoms with E-state index >= 15 is 0 Å². The number of H-pyrrole nitrogens is 2. The second-order valence-corrected chi connectivity index (χ2v) is 18.0. The van der Waals surface area contributed by atoms with Crippen LogP contribution in [-0.2, 0) is 35.2 Å². The number of amides is 3. The minimum absolute atomic E-state index is 0.0199. The highest BCUT2D eigenvalue weighted by atomic mass is 16.5. The van der Waals surface area contributed by atoms with Crippen LogP contribution < -0.4 is 10.1 Å². The van der Waals surface area contributed by atoms with Crippen molar-refractivity contribution in [3.63, 3.8) is 0 Å². The van der Waals surface area contributed by atoms with E-state index in [1.165, 1.54) is 14.2 Å². The number of nitrogens with zero attached hydrogens (tertiary/aromatic N) is 4. The summed E-state index contributed by atoms with van der Waals surface area (Å²) >= 11 is 0. The van der Waals surface area contributed by atoms with Crippen molar-refractivity contribution in [2.75, 3.05) is 34.5 Å². The molecule has 3 amide bonds. The number of carbonyl (C=O) groups excluding carboxylic acids is 4. The zero-order chi connectivity index (χ0) is 45.4. The van der Waals surface area contributed by atoms with Crippen molar-refractivity contribution < 1.29 is 38.1 Å². The van der Waals surface area contributed by atoms with E-state index in [2.05, 4.69) is 58.6 Å². The quantitative estimate of drug-likeness (QED) is 0.0920. The molecule has 0 radical (unpaired) electrons. The lowest BCUT2D eigenvalue weighted by molar-refractivity contribution is -0.149. The number of hydrogen-bond acceptors (Lipinski definition) is 10. The Morgan fingerprint density at radius 3 is 2.44 bits per heavy atom. The lowest BCUT2D eigenvalue weighted by Gasteiger charge is -2.33. The molecule has 2 saturated heterocycles. The molecule has 3 N–H and O–H groups in total. The summed E-state index contributed by atoms with van der Waals surface area (Å²) < 4.78 is 21.9. The molecule has 340 valence electrons. The molecule has 2 fully saturated rings. The molecule has 15 nitrogen and oxygen atoms in total. The van der Waals surface area contributed by atoms with Crippen molar-refractivity contribution >= 4 is 45.7 Å². The third-order valence-electron chi connectivity index (χ3n) is 14.1. The molecule has 3 aromatic carbocycles. The van der Waals surface area contributed by atoms with E-state index in [4.69, 9.17) is 28.9 Å². The highest BCUT2D eigenvalue weighted by Crippen LogP contribution is 2.44. The Labute approximate surface area is 374 Å². The van der Waals surface area contributed by atoms with Crippen LogP contribution in [0.3, 0.4) is 0 Å². The normalized spacial score (nSPS) is 21.2. The van der Waals surface area contributed by atoms with Gasteiger partial charge in [-0.1, -0.05) is 58.7 Å². The van der Waals surface area contributed by atoms with Gasteiger partial charge in [-0.15, -0.1) is 0 Å². The first kappa shape index (κ1) is 44.6. The number of imidazole rings is 2. The fraction of sp³-hybridized carbons (Fsp3) is 0.510. The Balaban J connectivity index is 1.05. The van der Waals surface area contributed by atoms with Crippen LogP contribution in [0, 0.1) is 23.7 Å². The van der Waals surface area contributed by atoms with E-state index in [1.807, 2.05) is 49.8 Å². The minimum atomic E-state index is -0.746. The van der Waals surface area contributed by atoms with Crippen molar-refractivity contribution in [1.29, 1.82) is 0 Å². The first-order valence-corrected chi connectivity index (χ1v) is 22.7. The van der Waals surface area contributed by atoms with Crippen LogP contribution in [0.4, 0.5) is 4.79 Å². The first-order chi connectivity index (χ1) is 30.9. The Kier molecular flexibility index (Phi) is 13.0. The number of aromatic amines is 2. The minimum Gasteiger partial charge on any atom is -0.488 e. The molecule has 0 aliphatic carbocycles. The van der Waals surface area contributed by atoms with Gasteiger partial charge in [-0.25, -0.2) is 14.8 Å². The van der Waals surface area contributed by atoms with Gasteiger partial charge in [0.1, 0.15) is 30.0 Å². The molecule has 3 aliphatic rings. The van der Waals surface area contributed by atoms with Crippen LogP contribution in [0.1, 0.15) is 102 Å². The Morgan fingerprint density at radius 1 is 0.906 bits per heavy atom. The zero-order valence-electron chi connectivity index (χ0n) is 38.2. The zero-order valence-corrected chi connectivity index (χ0v) is 38.2. The second kappa shape index (κ2) is 18.6. The second-order valence-electron chi connectivity index (χ2n) is 18.0. The number of rotatable bonds is 14. The molecule has 0 saturated carbocycles. The summed E-state index contributed by atoms with van der Waals surface area (Å²) in [4.78, 5) is 73.8. The van der Waals surface area contributed by atoms with Gasteiger partial charge in [-0.2, -0.15) is 0 Å². The Bertz CT molecular complexity index is 2550. The van der Waals surface area contributed by atoms with Gasteiger partial charge in [0, 0.05) is 36.6 Å². The molecule has 0 spiro atoms. The fourth-order valence-corrected chi connectivity index (χ4v) is 10.0.